The van der Waals surface area contributed by atoms with E-state index >= 15 is 0 Å². The number of hydrogen-bond acceptors (Lipinski definition) is 6. The third kappa shape index (κ3) is 4.39. The fraction of sp³-hybridized carbons (Fsp3) is 0.526. The van der Waals surface area contributed by atoms with Crippen LogP contribution in [0.15, 0.2) is 41.9 Å². The van der Waals surface area contributed by atoms with Crippen LogP contribution in [0, 0.1) is 5.92 Å². The van der Waals surface area contributed by atoms with Crippen molar-refractivity contribution >= 4 is 17.2 Å². The van der Waals surface area contributed by atoms with Crippen molar-refractivity contribution in [2.45, 2.75) is 18.6 Å². The zero-order valence-electron chi connectivity index (χ0n) is 14.4. The maximum Gasteiger partial charge on any atom is 0.125 e. The highest BCUT2D eigenvalue weighted by atomic mass is 32.1. The Labute approximate surface area is 153 Å². The molecule has 2 saturated heterocycles. The summed E-state index contributed by atoms with van der Waals surface area (Å²) in [4.78, 5) is 8.21. The number of nitrogens with one attached hydrogen (secondary N) is 1. The molecule has 134 valence electrons. The lowest BCUT2D eigenvalue weighted by Gasteiger charge is -2.31. The van der Waals surface area contributed by atoms with E-state index in [2.05, 4.69) is 32.7 Å². The predicted octanol–water partition coefficient (Wildman–Crippen LogP) is 2.86. The molecule has 4 heterocycles. The number of thiophene rings is 1. The van der Waals surface area contributed by atoms with E-state index in [-0.39, 0.29) is 5.60 Å². The summed E-state index contributed by atoms with van der Waals surface area (Å²) in [5.41, 5.74) is -0.162. The van der Waals surface area contributed by atoms with Gasteiger partial charge in [-0.1, -0.05) is 12.1 Å². The molecule has 0 unspecified atom stereocenters. The van der Waals surface area contributed by atoms with E-state index in [0.29, 0.717) is 12.5 Å². The molecule has 1 spiro atoms. The van der Waals surface area contributed by atoms with Gasteiger partial charge in [-0.2, -0.15) is 0 Å². The molecule has 0 bridgehead atoms. The molecule has 2 atom stereocenters. The van der Waals surface area contributed by atoms with Gasteiger partial charge >= 0.3 is 0 Å². The van der Waals surface area contributed by atoms with Gasteiger partial charge in [0, 0.05) is 43.2 Å². The molecule has 2 aliphatic rings. The van der Waals surface area contributed by atoms with Crippen LogP contribution in [-0.2, 0) is 16.0 Å². The normalized spacial score (nSPS) is 27.4. The number of pyridine rings is 1. The maximum atomic E-state index is 6.29. The smallest absolute Gasteiger partial charge is 0.125 e. The number of ether oxygens (including phenoxy) is 2. The zero-order chi connectivity index (χ0) is 17.0. The Morgan fingerprint density at radius 1 is 1.32 bits per heavy atom. The molecule has 2 fully saturated rings. The minimum absolute atomic E-state index is 0.162. The molecule has 4 rings (SSSR count). The van der Waals surface area contributed by atoms with Crippen molar-refractivity contribution in [3.05, 3.63) is 46.8 Å². The molecule has 5 nitrogen and oxygen atoms in total. The minimum atomic E-state index is -0.162. The molecule has 2 aliphatic heterocycles. The third-order valence-corrected chi connectivity index (χ3v) is 5.77. The van der Waals surface area contributed by atoms with Crippen LogP contribution >= 0.6 is 11.3 Å². The van der Waals surface area contributed by atoms with Gasteiger partial charge in [0.1, 0.15) is 11.4 Å². The quantitative estimate of drug-likeness (QED) is 0.889. The standard InChI is InChI=1S/C19H25N3O2S/c1-2-6-20-18(5-1)21-11-16-10-19(24-13-16)14-22(7-8-23-15-19)12-17-4-3-9-25-17/h1-6,9,16H,7-8,10-15H2,(H,20,21)/t16-,19-/m1/s1. The van der Waals surface area contributed by atoms with Gasteiger partial charge in [-0.15, -0.1) is 11.3 Å². The van der Waals surface area contributed by atoms with Crippen LogP contribution in [-0.4, -0.2) is 54.9 Å². The minimum Gasteiger partial charge on any atom is -0.377 e. The summed E-state index contributed by atoms with van der Waals surface area (Å²) in [6, 6.07) is 10.3. The first-order chi connectivity index (χ1) is 12.3. The first-order valence-electron chi connectivity index (χ1n) is 8.93. The lowest BCUT2D eigenvalue weighted by atomic mass is 9.94. The van der Waals surface area contributed by atoms with Crippen LogP contribution in [0.1, 0.15) is 11.3 Å². The lowest BCUT2D eigenvalue weighted by molar-refractivity contribution is -0.0561. The van der Waals surface area contributed by atoms with Gasteiger partial charge in [0.25, 0.3) is 0 Å². The lowest BCUT2D eigenvalue weighted by Crippen LogP contribution is -2.43. The summed E-state index contributed by atoms with van der Waals surface area (Å²) >= 11 is 1.82. The van der Waals surface area contributed by atoms with E-state index in [1.165, 1.54) is 4.88 Å². The first kappa shape index (κ1) is 17.0. The summed E-state index contributed by atoms with van der Waals surface area (Å²) in [5.74, 6) is 1.42. The Balaban J connectivity index is 1.34. The van der Waals surface area contributed by atoms with Gasteiger partial charge in [-0.3, -0.25) is 4.90 Å². The molecule has 2 aromatic rings. The van der Waals surface area contributed by atoms with Crippen molar-refractivity contribution in [1.29, 1.82) is 0 Å². The number of anilines is 1. The molecule has 0 amide bonds. The zero-order valence-corrected chi connectivity index (χ0v) is 15.2. The van der Waals surface area contributed by atoms with E-state index in [1.54, 1.807) is 0 Å². The van der Waals surface area contributed by atoms with Gasteiger partial charge in [0.2, 0.25) is 0 Å². The third-order valence-electron chi connectivity index (χ3n) is 4.91. The summed E-state index contributed by atoms with van der Waals surface area (Å²) in [7, 11) is 0. The SMILES string of the molecule is c1ccc(NC[C@@H]2CO[C@]3(COCCN(Cc4cccs4)C3)C2)nc1. The van der Waals surface area contributed by atoms with E-state index in [1.807, 2.05) is 35.7 Å². The number of aromatic nitrogens is 1. The summed E-state index contributed by atoms with van der Waals surface area (Å²) in [6.45, 7) is 6.08. The fourth-order valence-corrected chi connectivity index (χ4v) is 4.48. The largest absolute Gasteiger partial charge is 0.377 e. The fourth-order valence-electron chi connectivity index (χ4n) is 3.74. The van der Waals surface area contributed by atoms with Crippen molar-refractivity contribution < 1.29 is 9.47 Å². The Kier molecular flexibility index (Phi) is 5.31. The van der Waals surface area contributed by atoms with Crippen molar-refractivity contribution in [3.63, 3.8) is 0 Å². The second kappa shape index (κ2) is 7.83. The maximum absolute atomic E-state index is 6.29. The highest BCUT2D eigenvalue weighted by Crippen LogP contribution is 2.33. The Morgan fingerprint density at radius 3 is 3.16 bits per heavy atom. The highest BCUT2D eigenvalue weighted by Gasteiger charge is 2.43. The number of rotatable bonds is 5. The van der Waals surface area contributed by atoms with Gasteiger partial charge < -0.3 is 14.8 Å². The van der Waals surface area contributed by atoms with Gasteiger partial charge in [-0.05, 0) is 30.0 Å². The van der Waals surface area contributed by atoms with E-state index in [9.17, 15) is 0 Å². The van der Waals surface area contributed by atoms with Crippen molar-refractivity contribution in [3.8, 4) is 0 Å². The molecule has 2 aromatic heterocycles. The molecule has 25 heavy (non-hydrogen) atoms. The Hall–Kier alpha value is -1.47. The number of nitrogens with zero attached hydrogens (tertiary/aromatic N) is 2. The van der Waals surface area contributed by atoms with Crippen LogP contribution in [0.4, 0.5) is 5.82 Å². The van der Waals surface area contributed by atoms with Gasteiger partial charge in [-0.25, -0.2) is 4.98 Å². The first-order valence-corrected chi connectivity index (χ1v) is 9.81. The number of hydrogen-bond donors (Lipinski definition) is 1. The van der Waals surface area contributed by atoms with E-state index < -0.39 is 0 Å². The monoisotopic (exact) mass is 359 g/mol. The Morgan fingerprint density at radius 2 is 2.32 bits per heavy atom. The molecule has 0 radical (unpaired) electrons. The average molecular weight is 359 g/mol. The summed E-state index contributed by atoms with van der Waals surface area (Å²) in [5, 5.41) is 5.57. The van der Waals surface area contributed by atoms with Crippen molar-refractivity contribution in [2.24, 2.45) is 5.92 Å². The van der Waals surface area contributed by atoms with Crippen LogP contribution in [0.3, 0.4) is 0 Å². The second-order valence-electron chi connectivity index (χ2n) is 7.00. The van der Waals surface area contributed by atoms with Crippen LogP contribution < -0.4 is 5.32 Å². The summed E-state index contributed by atoms with van der Waals surface area (Å²) in [6.07, 6.45) is 2.85. The van der Waals surface area contributed by atoms with Crippen molar-refractivity contribution in [1.82, 2.24) is 9.88 Å². The molecule has 1 N–H and O–H groups in total. The molecule has 0 aromatic carbocycles. The highest BCUT2D eigenvalue weighted by molar-refractivity contribution is 7.09. The van der Waals surface area contributed by atoms with Crippen LogP contribution in [0.25, 0.3) is 0 Å². The van der Waals surface area contributed by atoms with Gasteiger partial charge in [0.05, 0.1) is 19.8 Å². The second-order valence-corrected chi connectivity index (χ2v) is 8.03. The Bertz CT molecular complexity index is 652. The molecular weight excluding hydrogens is 334 g/mol. The van der Waals surface area contributed by atoms with E-state index in [4.69, 9.17) is 9.47 Å². The van der Waals surface area contributed by atoms with Crippen LogP contribution in [0.5, 0.6) is 0 Å². The van der Waals surface area contributed by atoms with Crippen molar-refractivity contribution in [2.75, 3.05) is 44.8 Å². The summed E-state index contributed by atoms with van der Waals surface area (Å²) < 4.78 is 12.2. The van der Waals surface area contributed by atoms with Gasteiger partial charge in [0.15, 0.2) is 0 Å². The van der Waals surface area contributed by atoms with E-state index in [0.717, 1.165) is 51.6 Å². The molecule has 6 heteroatoms. The predicted molar refractivity (Wildman–Crippen MR) is 99.9 cm³/mol. The molecule has 0 saturated carbocycles. The van der Waals surface area contributed by atoms with Crippen LogP contribution in [0.2, 0.25) is 0 Å². The topological polar surface area (TPSA) is 46.6 Å². The molecule has 0 aliphatic carbocycles. The molecular formula is C19H25N3O2S. The average Bonchev–Trinajstić information content (AvgIpc) is 3.23.